The minimum absolute atomic E-state index is 0.0581. The van der Waals surface area contributed by atoms with Crippen LogP contribution in [0.3, 0.4) is 0 Å². The maximum Gasteiger partial charge on any atom is 0.338 e. The van der Waals surface area contributed by atoms with Gasteiger partial charge in [-0.1, -0.05) is 43.2 Å². The molecule has 2 fully saturated rings. The molecule has 0 saturated heterocycles. The van der Waals surface area contributed by atoms with Crippen molar-refractivity contribution in [3.8, 4) is 0 Å². The lowest BCUT2D eigenvalue weighted by Gasteiger charge is -2.57. The van der Waals surface area contributed by atoms with Gasteiger partial charge in [0, 0.05) is 17.4 Å². The molecule has 36 heavy (non-hydrogen) atoms. The van der Waals surface area contributed by atoms with Crippen LogP contribution in [-0.2, 0) is 9.53 Å². The SMILES string of the molecule is Cc1ccc(C(=O)O[C@H]2CC[C@@]3(C)C(=CC[C@@H]4[C@@H]3CC[C@]3(C)C(n5cncn5)=C(C=O)C[C@@H]43)C2)cc1. The van der Waals surface area contributed by atoms with Gasteiger partial charge in [-0.05, 0) is 80.8 Å². The molecule has 1 aromatic heterocycles. The standard InChI is InChI=1S/C30H35N3O3/c1-19-4-6-20(7-5-19)28(35)36-23-10-12-29(2)22(15-23)8-9-24-25(29)11-13-30(3)26(24)14-21(16-34)27(30)33-18-31-17-32-33/h4-8,16-18,23-26H,9-15H2,1-3H3/t23-,24+,25-,26-,29-,30-/m0/s1. The normalized spacial score (nSPS) is 35.4. The van der Waals surface area contributed by atoms with Crippen LogP contribution in [0, 0.1) is 35.5 Å². The van der Waals surface area contributed by atoms with Crippen LogP contribution in [0.4, 0.5) is 0 Å². The second-order valence-electron chi connectivity index (χ2n) is 11.9. The number of carbonyl (C=O) groups excluding carboxylic acids is 2. The van der Waals surface area contributed by atoms with E-state index in [-0.39, 0.29) is 22.9 Å². The summed E-state index contributed by atoms with van der Waals surface area (Å²) in [5.74, 6) is 1.35. The van der Waals surface area contributed by atoms with Gasteiger partial charge in [0.15, 0.2) is 0 Å². The first-order valence-corrected chi connectivity index (χ1v) is 13.3. The van der Waals surface area contributed by atoms with E-state index in [1.165, 1.54) is 5.57 Å². The third-order valence-corrected chi connectivity index (χ3v) is 10.1. The van der Waals surface area contributed by atoms with Gasteiger partial charge in [-0.25, -0.2) is 14.5 Å². The number of fused-ring (bicyclic) bond motifs is 5. The quantitative estimate of drug-likeness (QED) is 0.311. The zero-order valence-corrected chi connectivity index (χ0v) is 21.4. The van der Waals surface area contributed by atoms with Crippen LogP contribution in [0.2, 0.25) is 0 Å². The average Bonchev–Trinajstić information content (AvgIpc) is 3.49. The average molecular weight is 486 g/mol. The molecule has 4 aliphatic carbocycles. The highest BCUT2D eigenvalue weighted by Crippen LogP contribution is 2.66. The van der Waals surface area contributed by atoms with E-state index in [9.17, 15) is 9.59 Å². The minimum Gasteiger partial charge on any atom is -0.458 e. The highest BCUT2D eigenvalue weighted by molar-refractivity contribution is 5.89. The zero-order chi connectivity index (χ0) is 25.1. The topological polar surface area (TPSA) is 74.1 Å². The van der Waals surface area contributed by atoms with Crippen molar-refractivity contribution in [2.75, 3.05) is 0 Å². The number of nitrogens with zero attached hydrogens (tertiary/aromatic N) is 3. The Kier molecular flexibility index (Phi) is 5.54. The molecule has 0 aliphatic heterocycles. The van der Waals surface area contributed by atoms with Crippen LogP contribution in [0.15, 0.2) is 54.1 Å². The van der Waals surface area contributed by atoms with E-state index in [0.29, 0.717) is 23.3 Å². The zero-order valence-electron chi connectivity index (χ0n) is 21.4. The van der Waals surface area contributed by atoms with Crippen molar-refractivity contribution < 1.29 is 14.3 Å². The summed E-state index contributed by atoms with van der Waals surface area (Å²) < 4.78 is 7.81. The molecule has 2 saturated carbocycles. The molecule has 0 radical (unpaired) electrons. The number of esters is 1. The Morgan fingerprint density at radius 2 is 1.86 bits per heavy atom. The molecule has 1 aromatic carbocycles. The van der Waals surface area contributed by atoms with Crippen molar-refractivity contribution in [2.45, 2.75) is 71.8 Å². The summed E-state index contributed by atoms with van der Waals surface area (Å²) in [6.45, 7) is 6.80. The lowest BCUT2D eigenvalue weighted by Crippen LogP contribution is -2.50. The Labute approximate surface area is 212 Å². The minimum atomic E-state index is -0.217. The maximum atomic E-state index is 12.8. The van der Waals surface area contributed by atoms with Crippen LogP contribution in [0.5, 0.6) is 0 Å². The summed E-state index contributed by atoms with van der Waals surface area (Å²) in [5, 5.41) is 4.41. The molecule has 0 amide bonds. The number of hydrogen-bond donors (Lipinski definition) is 0. The molecule has 6 atom stereocenters. The van der Waals surface area contributed by atoms with E-state index in [2.05, 4.69) is 30.0 Å². The van der Waals surface area contributed by atoms with Gasteiger partial charge in [-0.3, -0.25) is 4.79 Å². The van der Waals surface area contributed by atoms with Gasteiger partial charge in [0.25, 0.3) is 0 Å². The van der Waals surface area contributed by atoms with Gasteiger partial charge in [0.2, 0.25) is 0 Å². The van der Waals surface area contributed by atoms with Gasteiger partial charge in [-0.2, -0.15) is 5.10 Å². The summed E-state index contributed by atoms with van der Waals surface area (Å²) in [7, 11) is 0. The number of ether oxygens (including phenoxy) is 1. The van der Waals surface area contributed by atoms with Gasteiger partial charge >= 0.3 is 5.97 Å². The number of carbonyl (C=O) groups is 2. The number of aryl methyl sites for hydroxylation is 1. The summed E-state index contributed by atoms with van der Waals surface area (Å²) in [4.78, 5) is 29.0. The fraction of sp³-hybridized carbons (Fsp3) is 0.533. The number of aldehydes is 1. The molecule has 1 heterocycles. The van der Waals surface area contributed by atoms with Crippen LogP contribution < -0.4 is 0 Å². The molecule has 6 rings (SSSR count). The summed E-state index contributed by atoms with van der Waals surface area (Å²) in [5.41, 5.74) is 5.25. The number of rotatable bonds is 4. The smallest absolute Gasteiger partial charge is 0.338 e. The molecular formula is C30H35N3O3. The van der Waals surface area contributed by atoms with E-state index in [1.54, 1.807) is 12.7 Å². The maximum absolute atomic E-state index is 12.8. The van der Waals surface area contributed by atoms with E-state index >= 15 is 0 Å². The van der Waals surface area contributed by atoms with Crippen molar-refractivity contribution in [3.63, 3.8) is 0 Å². The Balaban J connectivity index is 1.22. The summed E-state index contributed by atoms with van der Waals surface area (Å²) >= 11 is 0. The van der Waals surface area contributed by atoms with Crippen molar-refractivity contribution in [2.24, 2.45) is 28.6 Å². The third-order valence-electron chi connectivity index (χ3n) is 10.1. The van der Waals surface area contributed by atoms with Crippen molar-refractivity contribution in [3.05, 3.63) is 65.3 Å². The second kappa shape index (κ2) is 8.53. The fourth-order valence-corrected chi connectivity index (χ4v) is 8.16. The van der Waals surface area contributed by atoms with E-state index in [0.717, 1.165) is 68.1 Å². The molecule has 0 spiro atoms. The van der Waals surface area contributed by atoms with Crippen LogP contribution in [0.25, 0.3) is 5.70 Å². The molecule has 0 bridgehead atoms. The van der Waals surface area contributed by atoms with Crippen LogP contribution >= 0.6 is 0 Å². The largest absolute Gasteiger partial charge is 0.458 e. The first-order valence-electron chi connectivity index (χ1n) is 13.3. The Bertz CT molecular complexity index is 1240. The number of aromatic nitrogens is 3. The van der Waals surface area contributed by atoms with E-state index in [1.807, 2.05) is 35.9 Å². The molecule has 0 N–H and O–H groups in total. The third kappa shape index (κ3) is 3.52. The van der Waals surface area contributed by atoms with Crippen LogP contribution in [-0.4, -0.2) is 33.1 Å². The van der Waals surface area contributed by atoms with Gasteiger partial charge in [0.05, 0.1) is 11.3 Å². The predicted octanol–water partition coefficient (Wildman–Crippen LogP) is 5.79. The molecular weight excluding hydrogens is 450 g/mol. The number of hydrogen-bond acceptors (Lipinski definition) is 5. The van der Waals surface area contributed by atoms with Crippen molar-refractivity contribution >= 4 is 18.0 Å². The predicted molar refractivity (Wildman–Crippen MR) is 137 cm³/mol. The van der Waals surface area contributed by atoms with Crippen molar-refractivity contribution in [1.29, 1.82) is 0 Å². The summed E-state index contributed by atoms with van der Waals surface area (Å²) in [6.07, 6.45) is 13.6. The Morgan fingerprint density at radius 3 is 2.58 bits per heavy atom. The lowest BCUT2D eigenvalue weighted by molar-refractivity contribution is -0.105. The van der Waals surface area contributed by atoms with Gasteiger partial charge in [-0.15, -0.1) is 0 Å². The fourth-order valence-electron chi connectivity index (χ4n) is 8.16. The number of benzene rings is 1. The molecule has 4 aliphatic rings. The highest BCUT2D eigenvalue weighted by Gasteiger charge is 2.58. The Hall–Kier alpha value is -3.02. The monoisotopic (exact) mass is 485 g/mol. The van der Waals surface area contributed by atoms with E-state index < -0.39 is 0 Å². The summed E-state index contributed by atoms with van der Waals surface area (Å²) in [6, 6.07) is 7.62. The first kappa shape index (κ1) is 23.4. The second-order valence-corrected chi connectivity index (χ2v) is 11.9. The molecule has 2 aromatic rings. The molecule has 6 nitrogen and oxygen atoms in total. The molecule has 0 unspecified atom stereocenters. The van der Waals surface area contributed by atoms with Crippen molar-refractivity contribution in [1.82, 2.24) is 14.8 Å². The van der Waals surface area contributed by atoms with Gasteiger partial charge < -0.3 is 4.74 Å². The van der Waals surface area contributed by atoms with E-state index in [4.69, 9.17) is 4.74 Å². The molecule has 6 heteroatoms. The number of allylic oxidation sites excluding steroid dienone is 3. The van der Waals surface area contributed by atoms with Crippen LogP contribution in [0.1, 0.15) is 74.7 Å². The molecule has 188 valence electrons. The first-order chi connectivity index (χ1) is 17.3. The highest BCUT2D eigenvalue weighted by atomic mass is 16.5. The Morgan fingerprint density at radius 1 is 1.08 bits per heavy atom. The van der Waals surface area contributed by atoms with Gasteiger partial charge in [0.1, 0.15) is 25.0 Å². The lowest BCUT2D eigenvalue weighted by atomic mass is 9.48.